The molecule has 1 N–H and O–H groups in total. The Bertz CT molecular complexity index is 1380. The zero-order valence-electron chi connectivity index (χ0n) is 20.3. The van der Waals surface area contributed by atoms with E-state index in [1.807, 2.05) is 36.6 Å². The highest BCUT2D eigenvalue weighted by Crippen LogP contribution is 2.55. The fourth-order valence-electron chi connectivity index (χ4n) is 6.20. The Morgan fingerprint density at radius 3 is 2.35 bits per heavy atom. The molecule has 4 unspecified atom stereocenters. The van der Waals surface area contributed by atoms with Gasteiger partial charge in [0, 0.05) is 17.3 Å². The van der Waals surface area contributed by atoms with E-state index in [-0.39, 0.29) is 36.1 Å². The summed E-state index contributed by atoms with van der Waals surface area (Å²) < 4.78 is 13.5. The highest BCUT2D eigenvalue weighted by atomic mass is 32.2. The number of nitrogens with one attached hydrogen (secondary N) is 1. The number of amides is 3. The summed E-state index contributed by atoms with van der Waals surface area (Å²) in [5.74, 6) is -1.94. The molecule has 0 aliphatic carbocycles. The van der Waals surface area contributed by atoms with Gasteiger partial charge < -0.3 is 4.90 Å². The molecular weight excluding hydrogens is 489 g/mol. The molecule has 3 amide bonds. The molecule has 3 aliphatic heterocycles. The minimum absolute atomic E-state index is 0.233. The summed E-state index contributed by atoms with van der Waals surface area (Å²) >= 11 is 1.67. The third-order valence-corrected chi connectivity index (χ3v) is 8.41. The molecule has 8 heteroatoms. The number of carbonyl (C=O) groups is 3. The van der Waals surface area contributed by atoms with Gasteiger partial charge >= 0.3 is 0 Å². The number of hydrogen-bond donors (Lipinski definition) is 1. The van der Waals surface area contributed by atoms with E-state index in [1.165, 1.54) is 17.0 Å². The molecule has 3 heterocycles. The fourth-order valence-corrected chi connectivity index (χ4v) is 6.69. The molecule has 6 rings (SSSR count). The largest absolute Gasteiger partial charge is 0.306 e. The van der Waals surface area contributed by atoms with E-state index in [2.05, 4.69) is 5.32 Å². The van der Waals surface area contributed by atoms with E-state index in [9.17, 15) is 18.8 Å². The molecule has 2 saturated heterocycles. The van der Waals surface area contributed by atoms with E-state index < -0.39 is 17.4 Å². The molecule has 1 spiro atoms. The average Bonchev–Trinajstić information content (AvgIpc) is 3.48. The maximum atomic E-state index is 14.4. The van der Waals surface area contributed by atoms with Crippen LogP contribution in [0.25, 0.3) is 0 Å². The Balaban J connectivity index is 1.47. The second-order valence-electron chi connectivity index (χ2n) is 9.73. The molecule has 0 aromatic heterocycles. The zero-order valence-corrected chi connectivity index (χ0v) is 21.1. The van der Waals surface area contributed by atoms with Gasteiger partial charge in [0.2, 0.25) is 11.8 Å². The van der Waals surface area contributed by atoms with E-state index in [0.717, 1.165) is 11.3 Å². The van der Waals surface area contributed by atoms with Crippen LogP contribution >= 0.6 is 11.8 Å². The van der Waals surface area contributed by atoms with Gasteiger partial charge in [0.1, 0.15) is 11.4 Å². The third-order valence-electron chi connectivity index (χ3n) is 7.77. The summed E-state index contributed by atoms with van der Waals surface area (Å²) in [5, 5.41) is 3.53. The number of para-hydroxylation sites is 2. The minimum atomic E-state index is -1.35. The van der Waals surface area contributed by atoms with E-state index >= 15 is 0 Å². The first-order valence-electron chi connectivity index (χ1n) is 12.3. The number of imide groups is 1. The Hall–Kier alpha value is -3.49. The van der Waals surface area contributed by atoms with Crippen LogP contribution in [0.5, 0.6) is 0 Å². The van der Waals surface area contributed by atoms with Crippen LogP contribution in [-0.4, -0.2) is 35.8 Å². The number of thioether (sulfide) groups is 1. The Labute approximate surface area is 218 Å². The van der Waals surface area contributed by atoms with Gasteiger partial charge in [-0.2, -0.15) is 11.8 Å². The molecular formula is C29H26FN3O3S. The molecule has 0 saturated carbocycles. The minimum Gasteiger partial charge on any atom is -0.306 e. The molecule has 3 aliphatic rings. The van der Waals surface area contributed by atoms with Crippen molar-refractivity contribution < 1.29 is 18.8 Å². The monoisotopic (exact) mass is 515 g/mol. The van der Waals surface area contributed by atoms with E-state index in [1.54, 1.807) is 53.1 Å². The summed E-state index contributed by atoms with van der Waals surface area (Å²) in [6.45, 7) is 0.233. The van der Waals surface area contributed by atoms with Crippen LogP contribution in [0.4, 0.5) is 15.8 Å². The van der Waals surface area contributed by atoms with Gasteiger partial charge in [0.25, 0.3) is 5.91 Å². The van der Waals surface area contributed by atoms with Crippen molar-refractivity contribution in [3.63, 3.8) is 0 Å². The van der Waals surface area contributed by atoms with Gasteiger partial charge in [-0.3, -0.25) is 19.7 Å². The van der Waals surface area contributed by atoms with Gasteiger partial charge in [0.05, 0.1) is 24.1 Å². The quantitative estimate of drug-likeness (QED) is 0.501. The molecule has 3 aromatic carbocycles. The Kier molecular flexibility index (Phi) is 5.88. The van der Waals surface area contributed by atoms with E-state index in [0.29, 0.717) is 23.4 Å². The van der Waals surface area contributed by atoms with Crippen LogP contribution in [0, 0.1) is 17.7 Å². The third kappa shape index (κ3) is 3.54. The maximum Gasteiger partial charge on any atom is 0.253 e. The molecule has 4 atom stereocenters. The van der Waals surface area contributed by atoms with Crippen LogP contribution < -0.4 is 15.1 Å². The van der Waals surface area contributed by atoms with Gasteiger partial charge in [-0.05, 0) is 54.3 Å². The highest BCUT2D eigenvalue weighted by Gasteiger charge is 2.71. The number of nitrogens with zero attached hydrogens (tertiary/aromatic N) is 2. The van der Waals surface area contributed by atoms with Crippen molar-refractivity contribution in [3.8, 4) is 0 Å². The Morgan fingerprint density at radius 2 is 1.62 bits per heavy atom. The number of fused-ring (bicyclic) bond motifs is 4. The summed E-state index contributed by atoms with van der Waals surface area (Å²) in [5.41, 5.74) is 1.36. The number of hydrogen-bond acceptors (Lipinski definition) is 5. The first kappa shape index (κ1) is 23.9. The van der Waals surface area contributed by atoms with Gasteiger partial charge in [-0.25, -0.2) is 9.29 Å². The maximum absolute atomic E-state index is 14.4. The average molecular weight is 516 g/mol. The van der Waals surface area contributed by atoms with Crippen LogP contribution in [0.2, 0.25) is 0 Å². The van der Waals surface area contributed by atoms with Crippen molar-refractivity contribution in [2.75, 3.05) is 21.8 Å². The van der Waals surface area contributed by atoms with Crippen LogP contribution in [-0.2, 0) is 26.5 Å². The SMILES string of the molecule is CSCCC1NC2(C(=O)N(Cc3ccc(F)cc3)c3ccccc32)C2C(=O)N(c3ccccc3)C(=O)C12. The molecule has 188 valence electrons. The summed E-state index contributed by atoms with van der Waals surface area (Å²) in [7, 11) is 0. The van der Waals surface area contributed by atoms with Crippen LogP contribution in [0.1, 0.15) is 17.5 Å². The standard InChI is InChI=1S/C29H26FN3O3S/c1-37-16-15-22-24-25(27(35)33(26(24)34)20-7-3-2-4-8-20)29(31-22)21-9-5-6-10-23(21)32(28(29)36)17-18-11-13-19(30)14-12-18/h2-14,22,24-25,31H,15-17H2,1H3. The lowest BCUT2D eigenvalue weighted by molar-refractivity contribution is -0.132. The molecule has 37 heavy (non-hydrogen) atoms. The van der Waals surface area contributed by atoms with Crippen molar-refractivity contribution >= 4 is 40.9 Å². The molecule has 2 fully saturated rings. The van der Waals surface area contributed by atoms with Gasteiger partial charge in [0.15, 0.2) is 0 Å². The number of carbonyl (C=O) groups excluding carboxylic acids is 3. The smallest absolute Gasteiger partial charge is 0.253 e. The second-order valence-corrected chi connectivity index (χ2v) is 10.7. The van der Waals surface area contributed by atoms with Gasteiger partial charge in [-0.1, -0.05) is 48.5 Å². The van der Waals surface area contributed by atoms with Gasteiger partial charge in [-0.15, -0.1) is 0 Å². The van der Waals surface area contributed by atoms with Crippen molar-refractivity contribution in [2.24, 2.45) is 11.8 Å². The molecule has 0 bridgehead atoms. The predicted octanol–water partition coefficient (Wildman–Crippen LogP) is 4.10. The molecule has 3 aromatic rings. The first-order valence-corrected chi connectivity index (χ1v) is 13.7. The number of benzene rings is 3. The lowest BCUT2D eigenvalue weighted by Gasteiger charge is -2.30. The number of rotatable bonds is 6. The van der Waals surface area contributed by atoms with Crippen LogP contribution in [0.15, 0.2) is 78.9 Å². The fraction of sp³-hybridized carbons (Fsp3) is 0.276. The van der Waals surface area contributed by atoms with Crippen molar-refractivity contribution in [2.45, 2.75) is 24.5 Å². The Morgan fingerprint density at radius 1 is 0.919 bits per heavy atom. The summed E-state index contributed by atoms with van der Waals surface area (Å²) in [4.78, 5) is 45.3. The van der Waals surface area contributed by atoms with Crippen molar-refractivity contribution in [1.82, 2.24) is 5.32 Å². The summed E-state index contributed by atoms with van der Waals surface area (Å²) in [6.07, 6.45) is 2.65. The lowest BCUT2D eigenvalue weighted by Crippen LogP contribution is -2.55. The topological polar surface area (TPSA) is 69.7 Å². The zero-order chi connectivity index (χ0) is 25.7. The lowest BCUT2D eigenvalue weighted by atomic mass is 9.76. The molecule has 6 nitrogen and oxygen atoms in total. The number of anilines is 2. The molecule has 0 radical (unpaired) electrons. The van der Waals surface area contributed by atoms with Crippen molar-refractivity contribution in [1.29, 1.82) is 0 Å². The van der Waals surface area contributed by atoms with E-state index in [4.69, 9.17) is 0 Å². The highest BCUT2D eigenvalue weighted by molar-refractivity contribution is 7.98. The number of halogens is 1. The first-order chi connectivity index (χ1) is 18.0. The predicted molar refractivity (Wildman–Crippen MR) is 142 cm³/mol. The normalized spacial score (nSPS) is 26.3. The van der Waals surface area contributed by atoms with Crippen LogP contribution in [0.3, 0.4) is 0 Å². The summed E-state index contributed by atoms with van der Waals surface area (Å²) in [6, 6.07) is 22.1. The second kappa shape index (κ2) is 9.11. The van der Waals surface area contributed by atoms with Crippen molar-refractivity contribution in [3.05, 3.63) is 95.8 Å².